The second-order valence-corrected chi connectivity index (χ2v) is 4.89. The fraction of sp³-hybridized carbons (Fsp3) is 0.0667. The van der Waals surface area contributed by atoms with Crippen LogP contribution in [0, 0.1) is 0 Å². The number of aromatic nitrogens is 2. The molecule has 0 spiro atoms. The lowest BCUT2D eigenvalue weighted by Crippen LogP contribution is -2.23. The first-order valence-corrected chi connectivity index (χ1v) is 6.56. The van der Waals surface area contributed by atoms with E-state index in [1.165, 1.54) is 0 Å². The molecule has 20 heavy (non-hydrogen) atoms. The number of halogens is 1. The lowest BCUT2D eigenvalue weighted by molar-refractivity contribution is 0.0952. The van der Waals surface area contributed by atoms with Crippen molar-refractivity contribution in [1.29, 1.82) is 0 Å². The Kier molecular flexibility index (Phi) is 3.39. The third kappa shape index (κ3) is 2.51. The highest BCUT2D eigenvalue weighted by Gasteiger charge is 2.10. The Balaban J connectivity index is 1.76. The van der Waals surface area contributed by atoms with Gasteiger partial charge in [-0.2, -0.15) is 5.10 Å². The van der Waals surface area contributed by atoms with Crippen LogP contribution in [0.1, 0.15) is 15.9 Å². The minimum atomic E-state index is -0.130. The molecule has 3 aromatic rings. The van der Waals surface area contributed by atoms with Gasteiger partial charge in [0.25, 0.3) is 5.91 Å². The maximum Gasteiger partial charge on any atom is 0.253 e. The average Bonchev–Trinajstić information content (AvgIpc) is 2.94. The lowest BCUT2D eigenvalue weighted by atomic mass is 10.1. The topological polar surface area (TPSA) is 57.8 Å². The van der Waals surface area contributed by atoms with Crippen LogP contribution in [0.3, 0.4) is 0 Å². The Bertz CT molecular complexity index is 749. The van der Waals surface area contributed by atoms with Crippen LogP contribution >= 0.6 is 11.6 Å². The van der Waals surface area contributed by atoms with E-state index in [9.17, 15) is 4.79 Å². The van der Waals surface area contributed by atoms with E-state index in [0.29, 0.717) is 17.1 Å². The van der Waals surface area contributed by atoms with E-state index in [4.69, 9.17) is 11.6 Å². The highest BCUT2D eigenvalue weighted by atomic mass is 35.5. The molecule has 0 unspecified atom stereocenters. The summed E-state index contributed by atoms with van der Waals surface area (Å²) in [4.78, 5) is 12.2. The van der Waals surface area contributed by atoms with Crippen molar-refractivity contribution in [3.8, 4) is 0 Å². The molecule has 2 aromatic carbocycles. The monoisotopic (exact) mass is 285 g/mol. The predicted molar refractivity (Wildman–Crippen MR) is 78.7 cm³/mol. The minimum Gasteiger partial charge on any atom is -0.348 e. The van der Waals surface area contributed by atoms with E-state index in [0.717, 1.165) is 16.5 Å². The molecule has 0 aliphatic rings. The molecule has 3 rings (SSSR count). The maximum atomic E-state index is 12.2. The first kappa shape index (κ1) is 12.7. The van der Waals surface area contributed by atoms with Crippen molar-refractivity contribution in [3.63, 3.8) is 0 Å². The molecule has 0 saturated heterocycles. The zero-order valence-corrected chi connectivity index (χ0v) is 11.3. The molecule has 5 heteroatoms. The normalized spacial score (nSPS) is 10.7. The summed E-state index contributed by atoms with van der Waals surface area (Å²) in [6, 6.07) is 12.9. The molecule has 0 bridgehead atoms. The van der Waals surface area contributed by atoms with Gasteiger partial charge in [0.2, 0.25) is 0 Å². The molecule has 2 N–H and O–H groups in total. The molecule has 0 aliphatic carbocycles. The number of aromatic amines is 1. The molecule has 4 nitrogen and oxygen atoms in total. The van der Waals surface area contributed by atoms with Gasteiger partial charge in [-0.25, -0.2) is 0 Å². The van der Waals surface area contributed by atoms with Crippen molar-refractivity contribution in [1.82, 2.24) is 15.5 Å². The zero-order valence-electron chi connectivity index (χ0n) is 10.6. The van der Waals surface area contributed by atoms with E-state index in [1.807, 2.05) is 24.3 Å². The second kappa shape index (κ2) is 5.35. The molecular weight excluding hydrogens is 274 g/mol. The van der Waals surface area contributed by atoms with Gasteiger partial charge < -0.3 is 5.32 Å². The summed E-state index contributed by atoms with van der Waals surface area (Å²) in [6.07, 6.45) is 1.70. The van der Waals surface area contributed by atoms with Crippen LogP contribution in [0.25, 0.3) is 10.9 Å². The lowest BCUT2D eigenvalue weighted by Gasteiger charge is -2.06. The standard InChI is InChI=1S/C15H12ClN3O/c16-12-6-4-10(5-7-12)8-17-15(20)13-3-1-2-11-9-18-19-14(11)13/h1-7,9H,8H2,(H,17,20)(H,18,19). The van der Waals surface area contributed by atoms with Gasteiger partial charge in [-0.05, 0) is 23.8 Å². The number of nitrogens with zero attached hydrogens (tertiary/aromatic N) is 1. The molecule has 0 fully saturated rings. The van der Waals surface area contributed by atoms with Crippen LogP contribution in [-0.2, 0) is 6.54 Å². The molecule has 1 aromatic heterocycles. The number of hydrogen-bond donors (Lipinski definition) is 2. The Morgan fingerprint density at radius 1 is 1.20 bits per heavy atom. The van der Waals surface area contributed by atoms with Gasteiger partial charge in [-0.3, -0.25) is 9.89 Å². The third-order valence-corrected chi connectivity index (χ3v) is 3.34. The summed E-state index contributed by atoms with van der Waals surface area (Å²) in [5.74, 6) is -0.130. The Labute approximate surface area is 120 Å². The summed E-state index contributed by atoms with van der Waals surface area (Å²) < 4.78 is 0. The van der Waals surface area contributed by atoms with E-state index in [2.05, 4.69) is 15.5 Å². The van der Waals surface area contributed by atoms with Crippen molar-refractivity contribution in [2.45, 2.75) is 6.54 Å². The number of carbonyl (C=O) groups excluding carboxylic acids is 1. The summed E-state index contributed by atoms with van der Waals surface area (Å²) in [6.45, 7) is 0.459. The third-order valence-electron chi connectivity index (χ3n) is 3.09. The van der Waals surface area contributed by atoms with Crippen molar-refractivity contribution >= 4 is 28.4 Å². The Morgan fingerprint density at radius 3 is 2.80 bits per heavy atom. The van der Waals surface area contributed by atoms with Gasteiger partial charge in [0, 0.05) is 17.0 Å². The molecule has 0 atom stereocenters. The number of carbonyl (C=O) groups is 1. The van der Waals surface area contributed by atoms with Gasteiger partial charge in [0.05, 0.1) is 17.3 Å². The fourth-order valence-electron chi connectivity index (χ4n) is 2.04. The highest BCUT2D eigenvalue weighted by Crippen LogP contribution is 2.15. The van der Waals surface area contributed by atoms with Crippen molar-refractivity contribution in [2.24, 2.45) is 0 Å². The molecule has 0 radical (unpaired) electrons. The highest BCUT2D eigenvalue weighted by molar-refractivity contribution is 6.30. The van der Waals surface area contributed by atoms with Gasteiger partial charge in [-0.15, -0.1) is 0 Å². The number of H-pyrrole nitrogens is 1. The fourth-order valence-corrected chi connectivity index (χ4v) is 2.16. The molecule has 0 aliphatic heterocycles. The second-order valence-electron chi connectivity index (χ2n) is 4.45. The summed E-state index contributed by atoms with van der Waals surface area (Å²) in [5, 5.41) is 11.3. The van der Waals surface area contributed by atoms with Gasteiger partial charge in [0.15, 0.2) is 0 Å². The molecule has 0 saturated carbocycles. The smallest absolute Gasteiger partial charge is 0.253 e. The average molecular weight is 286 g/mol. The van der Waals surface area contributed by atoms with E-state index < -0.39 is 0 Å². The number of hydrogen-bond acceptors (Lipinski definition) is 2. The molecule has 100 valence electrons. The van der Waals surface area contributed by atoms with E-state index in [-0.39, 0.29) is 5.91 Å². The van der Waals surface area contributed by atoms with E-state index >= 15 is 0 Å². The van der Waals surface area contributed by atoms with Crippen LogP contribution in [0.15, 0.2) is 48.7 Å². The zero-order chi connectivity index (χ0) is 13.9. The number of para-hydroxylation sites is 1. The van der Waals surface area contributed by atoms with Crippen molar-refractivity contribution < 1.29 is 4.79 Å². The van der Waals surface area contributed by atoms with Crippen LogP contribution < -0.4 is 5.32 Å². The van der Waals surface area contributed by atoms with Crippen LogP contribution in [-0.4, -0.2) is 16.1 Å². The summed E-state index contributed by atoms with van der Waals surface area (Å²) in [5.41, 5.74) is 2.34. The van der Waals surface area contributed by atoms with Crippen LogP contribution in [0.4, 0.5) is 0 Å². The predicted octanol–water partition coefficient (Wildman–Crippen LogP) is 3.15. The summed E-state index contributed by atoms with van der Waals surface area (Å²) >= 11 is 5.82. The van der Waals surface area contributed by atoms with Crippen LogP contribution in [0.2, 0.25) is 5.02 Å². The number of nitrogens with one attached hydrogen (secondary N) is 2. The first-order valence-electron chi connectivity index (χ1n) is 6.19. The summed E-state index contributed by atoms with van der Waals surface area (Å²) in [7, 11) is 0. The quantitative estimate of drug-likeness (QED) is 0.777. The Hall–Kier alpha value is -2.33. The number of benzene rings is 2. The van der Waals surface area contributed by atoms with Crippen LogP contribution in [0.5, 0.6) is 0 Å². The number of amides is 1. The number of rotatable bonds is 3. The molecular formula is C15H12ClN3O. The Morgan fingerprint density at radius 2 is 2.00 bits per heavy atom. The van der Waals surface area contributed by atoms with Gasteiger partial charge >= 0.3 is 0 Å². The number of fused-ring (bicyclic) bond motifs is 1. The largest absolute Gasteiger partial charge is 0.348 e. The first-order chi connectivity index (χ1) is 9.74. The molecule has 1 heterocycles. The minimum absolute atomic E-state index is 0.130. The maximum absolute atomic E-state index is 12.2. The molecule has 1 amide bonds. The van der Waals surface area contributed by atoms with Crippen molar-refractivity contribution in [2.75, 3.05) is 0 Å². The SMILES string of the molecule is O=C(NCc1ccc(Cl)cc1)c1cccc2cn[nH]c12. The van der Waals surface area contributed by atoms with E-state index in [1.54, 1.807) is 24.4 Å². The van der Waals surface area contributed by atoms with Crippen molar-refractivity contribution in [3.05, 3.63) is 64.8 Å². The van der Waals surface area contributed by atoms with Gasteiger partial charge in [0.1, 0.15) is 0 Å². The van der Waals surface area contributed by atoms with Gasteiger partial charge in [-0.1, -0.05) is 35.9 Å².